The minimum absolute atomic E-state index is 0.432. The average Bonchev–Trinajstić information content (AvgIpc) is 2.39. The number of nitrogens with zero attached hydrogens (tertiary/aromatic N) is 1. The summed E-state index contributed by atoms with van der Waals surface area (Å²) in [7, 11) is 2.19. The second-order valence-electron chi connectivity index (χ2n) is 5.53. The standard InChI is InChI=1S/C16H27ClN2/c1-13(10-11-18)5-4-12-19(3)14(2)15-6-8-16(17)9-7-15/h6-9,13-14H,4-5,10-12,18H2,1-3H3. The summed E-state index contributed by atoms with van der Waals surface area (Å²) < 4.78 is 0. The summed E-state index contributed by atoms with van der Waals surface area (Å²) in [6, 6.07) is 8.58. The Bertz CT molecular complexity index is 350. The van der Waals surface area contributed by atoms with Crippen LogP contribution in [-0.2, 0) is 0 Å². The number of hydrogen-bond donors (Lipinski definition) is 1. The summed E-state index contributed by atoms with van der Waals surface area (Å²) in [5, 5.41) is 0.800. The molecule has 0 bridgehead atoms. The normalized spacial score (nSPS) is 14.6. The third-order valence-corrected chi connectivity index (χ3v) is 4.13. The van der Waals surface area contributed by atoms with Crippen molar-refractivity contribution in [3.05, 3.63) is 34.9 Å². The highest BCUT2D eigenvalue weighted by atomic mass is 35.5. The summed E-state index contributed by atoms with van der Waals surface area (Å²) in [5.74, 6) is 0.740. The molecule has 108 valence electrons. The molecule has 19 heavy (non-hydrogen) atoms. The van der Waals surface area contributed by atoms with E-state index in [1.807, 2.05) is 12.1 Å². The molecule has 0 saturated heterocycles. The Morgan fingerprint density at radius 1 is 1.16 bits per heavy atom. The Labute approximate surface area is 122 Å². The van der Waals surface area contributed by atoms with Gasteiger partial charge in [-0.1, -0.05) is 30.7 Å². The highest BCUT2D eigenvalue weighted by Gasteiger charge is 2.11. The molecule has 0 heterocycles. The van der Waals surface area contributed by atoms with E-state index in [9.17, 15) is 0 Å². The lowest BCUT2D eigenvalue weighted by Crippen LogP contribution is -2.24. The zero-order chi connectivity index (χ0) is 14.3. The van der Waals surface area contributed by atoms with E-state index in [1.165, 1.54) is 18.4 Å². The fourth-order valence-corrected chi connectivity index (χ4v) is 2.43. The zero-order valence-electron chi connectivity index (χ0n) is 12.4. The quantitative estimate of drug-likeness (QED) is 0.778. The molecule has 0 aliphatic heterocycles. The maximum atomic E-state index is 5.92. The van der Waals surface area contributed by atoms with Crippen LogP contribution in [0, 0.1) is 5.92 Å². The SMILES string of the molecule is CC(CCN)CCCN(C)C(C)c1ccc(Cl)cc1. The molecular weight excluding hydrogens is 256 g/mol. The number of nitrogens with two attached hydrogens (primary N) is 1. The van der Waals surface area contributed by atoms with Crippen molar-refractivity contribution in [2.24, 2.45) is 11.7 Å². The van der Waals surface area contributed by atoms with Gasteiger partial charge >= 0.3 is 0 Å². The average molecular weight is 283 g/mol. The van der Waals surface area contributed by atoms with E-state index in [0.29, 0.717) is 6.04 Å². The largest absolute Gasteiger partial charge is 0.330 e. The molecule has 0 spiro atoms. The van der Waals surface area contributed by atoms with E-state index in [2.05, 4.69) is 37.9 Å². The van der Waals surface area contributed by atoms with Crippen molar-refractivity contribution < 1.29 is 0 Å². The number of benzene rings is 1. The lowest BCUT2D eigenvalue weighted by atomic mass is 10.0. The predicted molar refractivity (Wildman–Crippen MR) is 84.6 cm³/mol. The predicted octanol–water partition coefficient (Wildman–Crippen LogP) is 4.10. The van der Waals surface area contributed by atoms with Gasteiger partial charge in [0.2, 0.25) is 0 Å². The van der Waals surface area contributed by atoms with Crippen molar-refractivity contribution in [3.63, 3.8) is 0 Å². The second kappa shape index (κ2) is 8.57. The van der Waals surface area contributed by atoms with Crippen LogP contribution in [0.2, 0.25) is 5.02 Å². The summed E-state index contributed by atoms with van der Waals surface area (Å²) in [6.45, 7) is 6.46. The van der Waals surface area contributed by atoms with Gasteiger partial charge < -0.3 is 5.73 Å². The molecule has 0 aliphatic carbocycles. The Hall–Kier alpha value is -0.570. The molecular formula is C16H27ClN2. The smallest absolute Gasteiger partial charge is 0.0406 e. The molecule has 2 atom stereocenters. The Morgan fingerprint density at radius 3 is 2.37 bits per heavy atom. The Balaban J connectivity index is 2.36. The number of halogens is 1. The third kappa shape index (κ3) is 5.94. The fraction of sp³-hybridized carbons (Fsp3) is 0.625. The van der Waals surface area contributed by atoms with Gasteiger partial charge in [-0.05, 0) is 69.9 Å². The molecule has 1 rings (SSSR count). The van der Waals surface area contributed by atoms with Gasteiger partial charge in [-0.15, -0.1) is 0 Å². The molecule has 0 amide bonds. The fourth-order valence-electron chi connectivity index (χ4n) is 2.31. The Morgan fingerprint density at radius 2 is 1.79 bits per heavy atom. The third-order valence-electron chi connectivity index (χ3n) is 3.88. The van der Waals surface area contributed by atoms with Gasteiger partial charge in [-0.25, -0.2) is 0 Å². The van der Waals surface area contributed by atoms with Crippen molar-refractivity contribution in [3.8, 4) is 0 Å². The number of hydrogen-bond acceptors (Lipinski definition) is 2. The van der Waals surface area contributed by atoms with Gasteiger partial charge in [0.15, 0.2) is 0 Å². The van der Waals surface area contributed by atoms with Crippen molar-refractivity contribution in [1.82, 2.24) is 4.90 Å². The summed E-state index contributed by atoms with van der Waals surface area (Å²) in [5.41, 5.74) is 6.90. The van der Waals surface area contributed by atoms with Gasteiger partial charge in [0.05, 0.1) is 0 Å². The minimum atomic E-state index is 0.432. The van der Waals surface area contributed by atoms with E-state index in [-0.39, 0.29) is 0 Å². The highest BCUT2D eigenvalue weighted by molar-refractivity contribution is 6.30. The van der Waals surface area contributed by atoms with E-state index in [0.717, 1.165) is 30.5 Å². The van der Waals surface area contributed by atoms with Gasteiger partial charge in [0.25, 0.3) is 0 Å². The van der Waals surface area contributed by atoms with Gasteiger partial charge in [-0.3, -0.25) is 4.90 Å². The molecule has 0 aromatic heterocycles. The first-order valence-corrected chi connectivity index (χ1v) is 7.58. The molecule has 1 aromatic rings. The lowest BCUT2D eigenvalue weighted by Gasteiger charge is -2.25. The van der Waals surface area contributed by atoms with Crippen molar-refractivity contribution >= 4 is 11.6 Å². The highest BCUT2D eigenvalue weighted by Crippen LogP contribution is 2.21. The van der Waals surface area contributed by atoms with E-state index in [4.69, 9.17) is 17.3 Å². The van der Waals surface area contributed by atoms with Crippen LogP contribution in [0.4, 0.5) is 0 Å². The van der Waals surface area contributed by atoms with Gasteiger partial charge in [0.1, 0.15) is 0 Å². The first-order chi connectivity index (χ1) is 9.04. The molecule has 0 saturated carbocycles. The molecule has 2 N–H and O–H groups in total. The Kier molecular flexibility index (Phi) is 7.44. The number of rotatable bonds is 8. The van der Waals surface area contributed by atoms with Gasteiger partial charge in [-0.2, -0.15) is 0 Å². The molecule has 1 aromatic carbocycles. The van der Waals surface area contributed by atoms with Crippen LogP contribution in [-0.4, -0.2) is 25.0 Å². The van der Waals surface area contributed by atoms with E-state index >= 15 is 0 Å². The molecule has 2 nitrogen and oxygen atoms in total. The van der Waals surface area contributed by atoms with Crippen LogP contribution in [0.15, 0.2) is 24.3 Å². The summed E-state index contributed by atoms with van der Waals surface area (Å²) in [6.07, 6.45) is 3.63. The van der Waals surface area contributed by atoms with Crippen LogP contribution >= 0.6 is 11.6 Å². The monoisotopic (exact) mass is 282 g/mol. The van der Waals surface area contributed by atoms with Crippen molar-refractivity contribution in [1.29, 1.82) is 0 Å². The van der Waals surface area contributed by atoms with Crippen LogP contribution in [0.25, 0.3) is 0 Å². The van der Waals surface area contributed by atoms with Crippen LogP contribution in [0.3, 0.4) is 0 Å². The molecule has 0 fully saturated rings. The first-order valence-electron chi connectivity index (χ1n) is 7.20. The molecule has 3 heteroatoms. The molecule has 0 aliphatic rings. The van der Waals surface area contributed by atoms with E-state index < -0.39 is 0 Å². The molecule has 2 unspecified atom stereocenters. The molecule has 0 radical (unpaired) electrons. The van der Waals surface area contributed by atoms with Crippen molar-refractivity contribution in [2.45, 2.75) is 39.2 Å². The second-order valence-corrected chi connectivity index (χ2v) is 5.97. The van der Waals surface area contributed by atoms with Crippen LogP contribution < -0.4 is 5.73 Å². The topological polar surface area (TPSA) is 29.3 Å². The summed E-state index contributed by atoms with van der Waals surface area (Å²) >= 11 is 5.92. The maximum Gasteiger partial charge on any atom is 0.0406 e. The van der Waals surface area contributed by atoms with Crippen LogP contribution in [0.5, 0.6) is 0 Å². The maximum absolute atomic E-state index is 5.92. The first kappa shape index (κ1) is 16.5. The lowest BCUT2D eigenvalue weighted by molar-refractivity contribution is 0.249. The van der Waals surface area contributed by atoms with Crippen LogP contribution in [0.1, 0.15) is 44.7 Å². The van der Waals surface area contributed by atoms with E-state index in [1.54, 1.807) is 0 Å². The van der Waals surface area contributed by atoms with Gasteiger partial charge in [0, 0.05) is 11.1 Å². The minimum Gasteiger partial charge on any atom is -0.330 e. The summed E-state index contributed by atoms with van der Waals surface area (Å²) in [4.78, 5) is 2.40. The van der Waals surface area contributed by atoms with Crippen molar-refractivity contribution in [2.75, 3.05) is 20.1 Å². The zero-order valence-corrected chi connectivity index (χ0v) is 13.2.